The maximum atomic E-state index is 13.3. The van der Waals surface area contributed by atoms with Gasteiger partial charge in [0.15, 0.2) is 0 Å². The van der Waals surface area contributed by atoms with Crippen molar-refractivity contribution in [3.8, 4) is 0 Å². The lowest BCUT2D eigenvalue weighted by atomic mass is 9.97. The van der Waals surface area contributed by atoms with Crippen molar-refractivity contribution in [2.75, 3.05) is 13.1 Å². The molecule has 1 aromatic heterocycles. The lowest BCUT2D eigenvalue weighted by Crippen LogP contribution is -2.28. The first kappa shape index (κ1) is 11.6. The molecule has 1 N–H and O–H groups in total. The number of para-hydroxylation sites is 2. The van der Waals surface area contributed by atoms with Crippen LogP contribution in [0.4, 0.5) is 8.78 Å². The van der Waals surface area contributed by atoms with Gasteiger partial charge >= 0.3 is 6.55 Å². The smallest absolute Gasteiger partial charge is 0.317 e. The summed E-state index contributed by atoms with van der Waals surface area (Å²) in [6, 6.07) is 7.10. The van der Waals surface area contributed by atoms with Gasteiger partial charge in [0.2, 0.25) is 0 Å². The van der Waals surface area contributed by atoms with Crippen LogP contribution < -0.4 is 5.32 Å². The van der Waals surface area contributed by atoms with E-state index in [1.54, 1.807) is 18.2 Å². The van der Waals surface area contributed by atoms with Crippen molar-refractivity contribution in [3.63, 3.8) is 0 Å². The van der Waals surface area contributed by atoms with Crippen LogP contribution in [0.2, 0.25) is 0 Å². The third-order valence-electron chi connectivity index (χ3n) is 3.52. The molecule has 0 spiro atoms. The average Bonchev–Trinajstić information content (AvgIpc) is 2.79. The van der Waals surface area contributed by atoms with Gasteiger partial charge in [0.25, 0.3) is 0 Å². The molecule has 18 heavy (non-hydrogen) atoms. The number of fused-ring (bicyclic) bond motifs is 1. The van der Waals surface area contributed by atoms with Gasteiger partial charge in [-0.05, 0) is 38.1 Å². The predicted octanol–water partition coefficient (Wildman–Crippen LogP) is 2.90. The molecule has 0 atom stereocenters. The Balaban J connectivity index is 2.11. The van der Waals surface area contributed by atoms with Gasteiger partial charge in [-0.15, -0.1) is 0 Å². The average molecular weight is 251 g/mol. The summed E-state index contributed by atoms with van der Waals surface area (Å²) in [7, 11) is 0. The second-order valence-electron chi connectivity index (χ2n) is 4.63. The molecular formula is C13H15F2N3. The van der Waals surface area contributed by atoms with E-state index in [1.807, 2.05) is 6.07 Å². The summed E-state index contributed by atoms with van der Waals surface area (Å²) in [5.41, 5.74) is 1.19. The number of imidazole rings is 1. The molecule has 2 heterocycles. The molecule has 2 aromatic rings. The fourth-order valence-electron chi connectivity index (χ4n) is 2.64. The normalized spacial score (nSPS) is 17.7. The first-order valence-corrected chi connectivity index (χ1v) is 6.23. The number of hydrogen-bond donors (Lipinski definition) is 1. The van der Waals surface area contributed by atoms with Crippen LogP contribution in [0.1, 0.15) is 31.1 Å². The van der Waals surface area contributed by atoms with Crippen LogP contribution in [-0.2, 0) is 0 Å². The number of alkyl halides is 2. The first-order valence-electron chi connectivity index (χ1n) is 6.23. The zero-order valence-electron chi connectivity index (χ0n) is 9.94. The number of nitrogens with one attached hydrogen (secondary N) is 1. The summed E-state index contributed by atoms with van der Waals surface area (Å²) >= 11 is 0. The number of rotatable bonds is 2. The van der Waals surface area contributed by atoms with E-state index < -0.39 is 6.55 Å². The molecule has 3 rings (SSSR count). The molecule has 0 bridgehead atoms. The van der Waals surface area contributed by atoms with Crippen LogP contribution >= 0.6 is 0 Å². The van der Waals surface area contributed by atoms with Crippen molar-refractivity contribution >= 4 is 11.0 Å². The van der Waals surface area contributed by atoms with Gasteiger partial charge in [-0.25, -0.2) is 4.98 Å². The largest absolute Gasteiger partial charge is 0.320 e. The van der Waals surface area contributed by atoms with Crippen LogP contribution in [0, 0.1) is 0 Å². The first-order chi connectivity index (χ1) is 8.77. The minimum Gasteiger partial charge on any atom is -0.317 e. The third-order valence-corrected chi connectivity index (χ3v) is 3.52. The molecular weight excluding hydrogens is 236 g/mol. The van der Waals surface area contributed by atoms with Crippen LogP contribution in [0.25, 0.3) is 11.0 Å². The van der Waals surface area contributed by atoms with Crippen molar-refractivity contribution in [2.24, 2.45) is 0 Å². The zero-order valence-corrected chi connectivity index (χ0v) is 9.94. The van der Waals surface area contributed by atoms with Gasteiger partial charge in [-0.2, -0.15) is 8.78 Å². The minimum atomic E-state index is -2.53. The standard InChI is InChI=1S/C13H15F2N3/c14-13(15)18-11-4-2-1-3-10(11)17-12(18)9-5-7-16-8-6-9/h1-4,9,13,16H,5-8H2. The van der Waals surface area contributed by atoms with Crippen molar-refractivity contribution in [1.82, 2.24) is 14.9 Å². The quantitative estimate of drug-likeness (QED) is 0.889. The van der Waals surface area contributed by atoms with Crippen molar-refractivity contribution in [2.45, 2.75) is 25.3 Å². The molecule has 0 amide bonds. The molecule has 1 aliphatic rings. The fraction of sp³-hybridized carbons (Fsp3) is 0.462. The van der Waals surface area contributed by atoms with E-state index in [0.29, 0.717) is 16.9 Å². The van der Waals surface area contributed by atoms with E-state index in [1.165, 1.54) is 0 Å². The Morgan fingerprint density at radius 3 is 2.67 bits per heavy atom. The SMILES string of the molecule is FC(F)n1c(C2CCNCC2)nc2ccccc21. The van der Waals surface area contributed by atoms with Crippen molar-refractivity contribution in [3.05, 3.63) is 30.1 Å². The summed E-state index contributed by atoms with van der Waals surface area (Å²) in [4.78, 5) is 4.41. The third kappa shape index (κ3) is 1.88. The lowest BCUT2D eigenvalue weighted by molar-refractivity contribution is 0.0695. The van der Waals surface area contributed by atoms with E-state index in [9.17, 15) is 8.78 Å². The second kappa shape index (κ2) is 4.65. The van der Waals surface area contributed by atoms with E-state index in [-0.39, 0.29) is 5.92 Å². The maximum Gasteiger partial charge on any atom is 0.320 e. The zero-order chi connectivity index (χ0) is 12.5. The van der Waals surface area contributed by atoms with Crippen LogP contribution in [0.5, 0.6) is 0 Å². The Morgan fingerprint density at radius 1 is 1.22 bits per heavy atom. The number of benzene rings is 1. The highest BCUT2D eigenvalue weighted by atomic mass is 19.3. The molecule has 3 nitrogen and oxygen atoms in total. The van der Waals surface area contributed by atoms with E-state index >= 15 is 0 Å². The molecule has 0 aliphatic carbocycles. The highest BCUT2D eigenvalue weighted by Gasteiger charge is 2.25. The van der Waals surface area contributed by atoms with E-state index in [0.717, 1.165) is 30.5 Å². The van der Waals surface area contributed by atoms with E-state index in [2.05, 4.69) is 10.3 Å². The molecule has 5 heteroatoms. The summed E-state index contributed by atoms with van der Waals surface area (Å²) < 4.78 is 27.6. The Hall–Kier alpha value is -1.49. The van der Waals surface area contributed by atoms with Crippen LogP contribution in [0.15, 0.2) is 24.3 Å². The topological polar surface area (TPSA) is 29.9 Å². The van der Waals surface area contributed by atoms with Gasteiger partial charge in [0.1, 0.15) is 5.82 Å². The van der Waals surface area contributed by atoms with Crippen LogP contribution in [-0.4, -0.2) is 22.6 Å². The van der Waals surface area contributed by atoms with E-state index in [4.69, 9.17) is 0 Å². The number of aromatic nitrogens is 2. The Kier molecular flexibility index (Phi) is 2.99. The molecule has 0 radical (unpaired) electrons. The predicted molar refractivity (Wildman–Crippen MR) is 65.8 cm³/mol. The number of piperidine rings is 1. The van der Waals surface area contributed by atoms with Gasteiger partial charge in [-0.3, -0.25) is 4.57 Å². The summed E-state index contributed by atoms with van der Waals surface area (Å²) in [5.74, 6) is 0.667. The van der Waals surface area contributed by atoms with Crippen LogP contribution in [0.3, 0.4) is 0 Å². The highest BCUT2D eigenvalue weighted by molar-refractivity contribution is 5.76. The molecule has 96 valence electrons. The minimum absolute atomic E-state index is 0.132. The molecule has 0 unspecified atom stereocenters. The monoisotopic (exact) mass is 251 g/mol. The Bertz CT molecular complexity index is 544. The number of hydrogen-bond acceptors (Lipinski definition) is 2. The number of halogens is 2. The Morgan fingerprint density at radius 2 is 1.94 bits per heavy atom. The molecule has 1 aromatic carbocycles. The van der Waals surface area contributed by atoms with Crippen molar-refractivity contribution < 1.29 is 8.78 Å². The highest BCUT2D eigenvalue weighted by Crippen LogP contribution is 2.31. The summed E-state index contributed by atoms with van der Waals surface area (Å²) in [5, 5.41) is 3.24. The van der Waals surface area contributed by atoms with Gasteiger partial charge in [0.05, 0.1) is 11.0 Å². The van der Waals surface area contributed by atoms with Gasteiger partial charge in [0, 0.05) is 5.92 Å². The lowest BCUT2D eigenvalue weighted by Gasteiger charge is -2.22. The fourth-order valence-corrected chi connectivity index (χ4v) is 2.64. The molecule has 0 saturated carbocycles. The number of nitrogens with zero attached hydrogens (tertiary/aromatic N) is 2. The van der Waals surface area contributed by atoms with Gasteiger partial charge < -0.3 is 5.32 Å². The summed E-state index contributed by atoms with van der Waals surface area (Å²) in [6.07, 6.45) is 1.74. The Labute approximate surface area is 104 Å². The maximum absolute atomic E-state index is 13.3. The summed E-state index contributed by atoms with van der Waals surface area (Å²) in [6.45, 7) is -0.781. The molecule has 1 saturated heterocycles. The van der Waals surface area contributed by atoms with Gasteiger partial charge in [-0.1, -0.05) is 12.1 Å². The van der Waals surface area contributed by atoms with Crippen molar-refractivity contribution in [1.29, 1.82) is 0 Å². The second-order valence-corrected chi connectivity index (χ2v) is 4.63. The molecule has 1 fully saturated rings. The molecule has 1 aliphatic heterocycles.